The summed E-state index contributed by atoms with van der Waals surface area (Å²) < 4.78 is 16.1. The van der Waals surface area contributed by atoms with Gasteiger partial charge in [0, 0.05) is 24.2 Å². The summed E-state index contributed by atoms with van der Waals surface area (Å²) in [6.45, 7) is 0.297. The summed E-state index contributed by atoms with van der Waals surface area (Å²) >= 11 is 12.1. The van der Waals surface area contributed by atoms with Crippen molar-refractivity contribution in [2.24, 2.45) is 0 Å². The molecule has 0 bridgehead atoms. The Hall–Kier alpha value is -2.11. The van der Waals surface area contributed by atoms with Gasteiger partial charge in [-0.25, -0.2) is 0 Å². The molecule has 25 heavy (non-hydrogen) atoms. The maximum atomic E-state index is 12.7. The molecule has 1 amide bonds. The van der Waals surface area contributed by atoms with Gasteiger partial charge in [-0.3, -0.25) is 4.79 Å². The highest BCUT2D eigenvalue weighted by molar-refractivity contribution is 6.35. The molecule has 5 nitrogen and oxygen atoms in total. The minimum atomic E-state index is -0.246. The zero-order valence-electron chi connectivity index (χ0n) is 14.4. The van der Waals surface area contributed by atoms with Crippen LogP contribution >= 0.6 is 23.2 Å². The third-order valence-electron chi connectivity index (χ3n) is 3.70. The van der Waals surface area contributed by atoms with Crippen molar-refractivity contribution >= 4 is 29.1 Å². The fourth-order valence-corrected chi connectivity index (χ4v) is 2.85. The number of amides is 1. The molecule has 0 aliphatic heterocycles. The van der Waals surface area contributed by atoms with E-state index < -0.39 is 0 Å². The maximum Gasteiger partial charge on any atom is 0.255 e. The van der Waals surface area contributed by atoms with Crippen LogP contribution < -0.4 is 14.2 Å². The maximum absolute atomic E-state index is 12.7. The largest absolute Gasteiger partial charge is 0.493 e. The number of hydrogen-bond donors (Lipinski definition) is 0. The van der Waals surface area contributed by atoms with Crippen molar-refractivity contribution < 1.29 is 19.0 Å². The lowest BCUT2D eigenvalue weighted by molar-refractivity contribution is 0.0784. The van der Waals surface area contributed by atoms with E-state index in [0.29, 0.717) is 39.4 Å². The lowest BCUT2D eigenvalue weighted by Gasteiger charge is -2.21. The number of nitrogens with zero attached hydrogens (tertiary/aromatic N) is 1. The van der Waals surface area contributed by atoms with Gasteiger partial charge < -0.3 is 19.1 Å². The van der Waals surface area contributed by atoms with Crippen LogP contribution in [0.15, 0.2) is 30.3 Å². The molecule has 0 fully saturated rings. The molecule has 2 rings (SSSR count). The van der Waals surface area contributed by atoms with Crippen molar-refractivity contribution in [3.63, 3.8) is 0 Å². The van der Waals surface area contributed by atoms with Gasteiger partial charge in [-0.05, 0) is 30.3 Å². The number of methoxy groups -OCH3 is 3. The van der Waals surface area contributed by atoms with Crippen LogP contribution in [0.4, 0.5) is 0 Å². The van der Waals surface area contributed by atoms with Gasteiger partial charge in [0.15, 0.2) is 11.5 Å². The Labute approximate surface area is 157 Å². The molecule has 0 saturated heterocycles. The Morgan fingerprint density at radius 1 is 1.00 bits per heavy atom. The van der Waals surface area contributed by atoms with E-state index in [2.05, 4.69) is 0 Å². The molecule has 0 saturated carbocycles. The Morgan fingerprint density at radius 2 is 1.68 bits per heavy atom. The Morgan fingerprint density at radius 3 is 2.28 bits per heavy atom. The van der Waals surface area contributed by atoms with Crippen LogP contribution in [0.5, 0.6) is 17.2 Å². The second kappa shape index (κ2) is 8.32. The average Bonchev–Trinajstić information content (AvgIpc) is 2.62. The fraction of sp³-hybridized carbons (Fsp3) is 0.278. The van der Waals surface area contributed by atoms with E-state index in [1.165, 1.54) is 19.1 Å². The van der Waals surface area contributed by atoms with Gasteiger partial charge >= 0.3 is 0 Å². The molecule has 7 heteroatoms. The number of ether oxygens (including phenoxy) is 3. The number of hydrogen-bond acceptors (Lipinski definition) is 4. The normalized spacial score (nSPS) is 10.3. The van der Waals surface area contributed by atoms with E-state index in [-0.39, 0.29) is 5.91 Å². The van der Waals surface area contributed by atoms with Crippen molar-refractivity contribution in [3.05, 3.63) is 51.5 Å². The Balaban J connectivity index is 2.32. The highest BCUT2D eigenvalue weighted by Gasteiger charge is 2.20. The number of halogens is 2. The predicted molar refractivity (Wildman–Crippen MR) is 98.4 cm³/mol. The summed E-state index contributed by atoms with van der Waals surface area (Å²) in [6, 6.07) is 8.37. The molecule has 0 atom stereocenters. The molecule has 134 valence electrons. The molecule has 0 aromatic heterocycles. The standard InChI is InChI=1S/C18H19Cl2NO4/c1-21(18(22)13-9-12(19)6-7-14(13)20)10-11-5-8-15(23-2)17(25-4)16(11)24-3/h5-9H,10H2,1-4H3. The van der Waals surface area contributed by atoms with Gasteiger partial charge in [0.2, 0.25) is 5.75 Å². The first kappa shape index (κ1) is 19.2. The first-order valence-corrected chi connectivity index (χ1v) is 8.16. The molecule has 0 radical (unpaired) electrons. The quantitative estimate of drug-likeness (QED) is 0.746. The van der Waals surface area contributed by atoms with Gasteiger partial charge in [-0.1, -0.05) is 23.2 Å². The number of rotatable bonds is 6. The molecule has 0 heterocycles. The molecule has 2 aromatic rings. The van der Waals surface area contributed by atoms with Crippen molar-refractivity contribution in [2.45, 2.75) is 6.54 Å². The fourth-order valence-electron chi connectivity index (χ4n) is 2.48. The zero-order valence-corrected chi connectivity index (χ0v) is 15.9. The summed E-state index contributed by atoms with van der Waals surface area (Å²) in [5.74, 6) is 1.29. The predicted octanol–water partition coefficient (Wildman–Crippen LogP) is 4.29. The molecule has 2 aromatic carbocycles. The van der Waals surface area contributed by atoms with Crippen LogP contribution in [0.3, 0.4) is 0 Å². The van der Waals surface area contributed by atoms with Crippen LogP contribution in [-0.4, -0.2) is 39.2 Å². The highest BCUT2D eigenvalue weighted by Crippen LogP contribution is 2.40. The van der Waals surface area contributed by atoms with E-state index >= 15 is 0 Å². The smallest absolute Gasteiger partial charge is 0.255 e. The number of carbonyl (C=O) groups excluding carboxylic acids is 1. The summed E-state index contributed by atoms with van der Waals surface area (Å²) in [4.78, 5) is 14.2. The molecule has 0 N–H and O–H groups in total. The highest BCUT2D eigenvalue weighted by atomic mass is 35.5. The zero-order chi connectivity index (χ0) is 18.6. The van der Waals surface area contributed by atoms with Crippen molar-refractivity contribution in [1.82, 2.24) is 4.90 Å². The van der Waals surface area contributed by atoms with E-state index in [9.17, 15) is 4.79 Å². The SMILES string of the molecule is COc1ccc(CN(C)C(=O)c2cc(Cl)ccc2Cl)c(OC)c1OC. The molecule has 0 spiro atoms. The first-order chi connectivity index (χ1) is 11.9. The summed E-state index contributed by atoms with van der Waals surface area (Å²) in [6.07, 6.45) is 0. The lowest BCUT2D eigenvalue weighted by Crippen LogP contribution is -2.26. The topological polar surface area (TPSA) is 48.0 Å². The second-order valence-electron chi connectivity index (χ2n) is 5.28. The molecule has 0 aliphatic carbocycles. The number of carbonyl (C=O) groups is 1. The summed E-state index contributed by atoms with van der Waals surface area (Å²) in [5.41, 5.74) is 1.12. The monoisotopic (exact) mass is 383 g/mol. The molecule has 0 unspecified atom stereocenters. The van der Waals surface area contributed by atoms with E-state index in [1.54, 1.807) is 38.4 Å². The van der Waals surface area contributed by atoms with Crippen molar-refractivity contribution in [3.8, 4) is 17.2 Å². The third kappa shape index (κ3) is 4.11. The first-order valence-electron chi connectivity index (χ1n) is 7.41. The van der Waals surface area contributed by atoms with Crippen LogP contribution in [0.2, 0.25) is 10.0 Å². The summed E-state index contributed by atoms with van der Waals surface area (Å²) in [7, 11) is 6.30. The second-order valence-corrected chi connectivity index (χ2v) is 6.12. The Bertz CT molecular complexity index is 780. The van der Waals surface area contributed by atoms with Gasteiger partial charge in [-0.15, -0.1) is 0 Å². The van der Waals surface area contributed by atoms with Crippen LogP contribution in [0, 0.1) is 0 Å². The number of benzene rings is 2. The Kier molecular flexibility index (Phi) is 6.39. The molecular weight excluding hydrogens is 365 g/mol. The van der Waals surface area contributed by atoms with Crippen LogP contribution in [-0.2, 0) is 6.54 Å². The minimum absolute atomic E-state index is 0.246. The minimum Gasteiger partial charge on any atom is -0.493 e. The van der Waals surface area contributed by atoms with E-state index in [0.717, 1.165) is 5.56 Å². The van der Waals surface area contributed by atoms with Gasteiger partial charge in [-0.2, -0.15) is 0 Å². The van der Waals surface area contributed by atoms with Crippen LogP contribution in [0.1, 0.15) is 15.9 Å². The van der Waals surface area contributed by atoms with Crippen molar-refractivity contribution in [1.29, 1.82) is 0 Å². The van der Waals surface area contributed by atoms with Crippen molar-refractivity contribution in [2.75, 3.05) is 28.4 Å². The van der Waals surface area contributed by atoms with Gasteiger partial charge in [0.05, 0.1) is 31.9 Å². The van der Waals surface area contributed by atoms with Gasteiger partial charge in [0.25, 0.3) is 5.91 Å². The molecule has 0 aliphatic rings. The molecular formula is C18H19Cl2NO4. The van der Waals surface area contributed by atoms with Gasteiger partial charge in [0.1, 0.15) is 0 Å². The third-order valence-corrected chi connectivity index (χ3v) is 4.26. The average molecular weight is 384 g/mol. The van der Waals surface area contributed by atoms with E-state index in [4.69, 9.17) is 37.4 Å². The lowest BCUT2D eigenvalue weighted by atomic mass is 10.1. The van der Waals surface area contributed by atoms with Crippen LogP contribution in [0.25, 0.3) is 0 Å². The van der Waals surface area contributed by atoms with E-state index in [1.807, 2.05) is 6.07 Å². The summed E-state index contributed by atoms with van der Waals surface area (Å²) in [5, 5.41) is 0.797.